The Balaban J connectivity index is 3.46. The van der Waals surface area contributed by atoms with Gasteiger partial charge >= 0.3 is 0 Å². The van der Waals surface area contributed by atoms with Crippen LogP contribution < -0.4 is 0 Å². The molecule has 0 spiro atoms. The number of aliphatic hydroxyl groups is 1. The molecule has 2 nitrogen and oxygen atoms in total. The number of hydrogen-bond donors (Lipinski definition) is 1. The highest BCUT2D eigenvalue weighted by molar-refractivity contribution is 4.62. The summed E-state index contributed by atoms with van der Waals surface area (Å²) in [6.45, 7) is 14.8. The van der Waals surface area contributed by atoms with Crippen LogP contribution in [0.25, 0.3) is 0 Å². The van der Waals surface area contributed by atoms with E-state index in [9.17, 15) is 5.11 Å². The number of ether oxygens (including phenoxy) is 1. The minimum atomic E-state index is -0.568. The van der Waals surface area contributed by atoms with Crippen LogP contribution in [0.2, 0.25) is 0 Å². The molecule has 230 valence electrons. The first-order valence-corrected chi connectivity index (χ1v) is 17.6. The summed E-state index contributed by atoms with van der Waals surface area (Å²) in [7, 11) is 0. The molecule has 0 aliphatic heterocycles. The highest BCUT2D eigenvalue weighted by Gasteiger charge is 2.12. The molecular weight excluding hydrogens is 464 g/mol. The highest BCUT2D eigenvalue weighted by atomic mass is 16.6. The monoisotopic (exact) mass is 539 g/mol. The molecule has 0 amide bonds. The molecule has 0 fully saturated rings. The maximum Gasteiger partial charge on any atom is 0.154 e. The summed E-state index contributed by atoms with van der Waals surface area (Å²) >= 11 is 0. The summed E-state index contributed by atoms with van der Waals surface area (Å²) in [6, 6.07) is 0. The van der Waals surface area contributed by atoms with Gasteiger partial charge in [0.05, 0.1) is 0 Å². The van der Waals surface area contributed by atoms with E-state index in [1.165, 1.54) is 141 Å². The van der Waals surface area contributed by atoms with Gasteiger partial charge in [-0.2, -0.15) is 0 Å². The Morgan fingerprint density at radius 3 is 1.24 bits per heavy atom. The zero-order chi connectivity index (χ0) is 28.3. The molecule has 0 aliphatic rings. The van der Waals surface area contributed by atoms with Crippen LogP contribution in [0, 0.1) is 23.7 Å². The molecule has 0 radical (unpaired) electrons. The second kappa shape index (κ2) is 28.4. The molecule has 0 bridgehead atoms. The van der Waals surface area contributed by atoms with Gasteiger partial charge in [0.2, 0.25) is 0 Å². The van der Waals surface area contributed by atoms with Crippen molar-refractivity contribution in [2.75, 3.05) is 6.61 Å². The Hall–Kier alpha value is -0.0800. The quantitative estimate of drug-likeness (QED) is 0.0727. The van der Waals surface area contributed by atoms with Gasteiger partial charge < -0.3 is 9.84 Å². The Morgan fingerprint density at radius 2 is 0.816 bits per heavy atom. The predicted molar refractivity (Wildman–Crippen MR) is 171 cm³/mol. The fraction of sp³-hybridized carbons (Fsp3) is 1.00. The molecule has 0 aliphatic carbocycles. The van der Waals surface area contributed by atoms with Gasteiger partial charge in [0, 0.05) is 13.0 Å². The maximum atomic E-state index is 10.3. The molecule has 0 rings (SSSR count). The molecule has 2 heteroatoms. The van der Waals surface area contributed by atoms with Crippen molar-refractivity contribution >= 4 is 0 Å². The van der Waals surface area contributed by atoms with Gasteiger partial charge in [-0.3, -0.25) is 0 Å². The van der Waals surface area contributed by atoms with Crippen LogP contribution in [0.4, 0.5) is 0 Å². The zero-order valence-electron chi connectivity index (χ0n) is 27.4. The average Bonchev–Trinajstić information content (AvgIpc) is 2.86. The fourth-order valence-electron chi connectivity index (χ4n) is 5.84. The molecule has 0 saturated heterocycles. The van der Waals surface area contributed by atoms with E-state index in [0.717, 1.165) is 37.2 Å². The van der Waals surface area contributed by atoms with Crippen molar-refractivity contribution in [3.05, 3.63) is 0 Å². The third-order valence-corrected chi connectivity index (χ3v) is 8.68. The first kappa shape index (κ1) is 37.9. The van der Waals surface area contributed by atoms with Crippen molar-refractivity contribution in [2.24, 2.45) is 23.7 Å². The Morgan fingerprint density at radius 1 is 0.447 bits per heavy atom. The van der Waals surface area contributed by atoms with Crippen molar-refractivity contribution < 1.29 is 9.84 Å². The summed E-state index contributed by atoms with van der Waals surface area (Å²) in [5.74, 6) is 3.14. The van der Waals surface area contributed by atoms with E-state index in [2.05, 4.69) is 41.5 Å². The van der Waals surface area contributed by atoms with Crippen molar-refractivity contribution in [1.82, 2.24) is 0 Å². The molecule has 4 atom stereocenters. The van der Waals surface area contributed by atoms with Crippen LogP contribution in [-0.4, -0.2) is 18.0 Å². The average molecular weight is 539 g/mol. The van der Waals surface area contributed by atoms with Crippen LogP contribution in [0.1, 0.15) is 196 Å². The van der Waals surface area contributed by atoms with Crippen LogP contribution in [0.15, 0.2) is 0 Å². The number of hydrogen-bond acceptors (Lipinski definition) is 2. The van der Waals surface area contributed by atoms with Gasteiger partial charge in [0.15, 0.2) is 6.29 Å². The van der Waals surface area contributed by atoms with E-state index < -0.39 is 6.29 Å². The maximum absolute atomic E-state index is 10.3. The molecule has 0 saturated carbocycles. The number of unbranched alkanes of at least 4 members (excludes halogenated alkanes) is 13. The lowest BCUT2D eigenvalue weighted by atomic mass is 9.91. The first-order valence-electron chi connectivity index (χ1n) is 17.6. The number of aliphatic hydroxyl groups excluding tert-OH is 1. The molecular formula is C36H74O2. The van der Waals surface area contributed by atoms with E-state index in [-0.39, 0.29) is 0 Å². The third-order valence-electron chi connectivity index (χ3n) is 8.68. The lowest BCUT2D eigenvalue weighted by Crippen LogP contribution is -2.16. The SMILES string of the molecule is CCCCCCCCCCCCCCCCOC(O)CC(C)CCCC(C)CCCC(C)CCCC(C)C. The molecule has 38 heavy (non-hydrogen) atoms. The molecule has 0 aromatic rings. The van der Waals surface area contributed by atoms with Crippen LogP contribution in [0.5, 0.6) is 0 Å². The summed E-state index contributed by atoms with van der Waals surface area (Å²) in [4.78, 5) is 0. The van der Waals surface area contributed by atoms with E-state index in [4.69, 9.17) is 4.74 Å². The first-order chi connectivity index (χ1) is 18.3. The largest absolute Gasteiger partial charge is 0.368 e. The standard InChI is InChI=1S/C36H74O2/c1-7-8-9-10-11-12-13-14-15-16-17-18-19-20-30-38-36(37)31-35(6)29-23-28-34(5)27-22-26-33(4)25-21-24-32(2)3/h32-37H,7-31H2,1-6H3. The topological polar surface area (TPSA) is 29.5 Å². The number of rotatable bonds is 30. The van der Waals surface area contributed by atoms with Crippen molar-refractivity contribution in [3.8, 4) is 0 Å². The minimum absolute atomic E-state index is 0.550. The fourth-order valence-corrected chi connectivity index (χ4v) is 5.84. The van der Waals surface area contributed by atoms with Gasteiger partial charge in [0.25, 0.3) is 0 Å². The van der Waals surface area contributed by atoms with Gasteiger partial charge in [-0.1, -0.05) is 183 Å². The highest BCUT2D eigenvalue weighted by Crippen LogP contribution is 2.23. The normalized spacial score (nSPS) is 15.2. The van der Waals surface area contributed by atoms with Crippen LogP contribution in [0.3, 0.4) is 0 Å². The summed E-state index contributed by atoms with van der Waals surface area (Å²) in [6.07, 6.45) is 31.7. The second-order valence-corrected chi connectivity index (χ2v) is 13.7. The lowest BCUT2D eigenvalue weighted by molar-refractivity contribution is -0.111. The molecule has 0 aromatic heterocycles. The Kier molecular flexibility index (Phi) is 28.4. The zero-order valence-corrected chi connectivity index (χ0v) is 27.4. The molecule has 0 aromatic carbocycles. The molecule has 4 unspecified atom stereocenters. The van der Waals surface area contributed by atoms with Gasteiger partial charge in [-0.15, -0.1) is 0 Å². The summed E-state index contributed by atoms with van der Waals surface area (Å²) in [5, 5.41) is 10.3. The summed E-state index contributed by atoms with van der Waals surface area (Å²) in [5.41, 5.74) is 0. The van der Waals surface area contributed by atoms with E-state index in [1.54, 1.807) is 0 Å². The van der Waals surface area contributed by atoms with Crippen molar-refractivity contribution in [1.29, 1.82) is 0 Å². The molecule has 1 N–H and O–H groups in total. The lowest BCUT2D eigenvalue weighted by Gasteiger charge is -2.18. The van der Waals surface area contributed by atoms with Gasteiger partial charge in [-0.25, -0.2) is 0 Å². The third kappa shape index (κ3) is 28.9. The van der Waals surface area contributed by atoms with E-state index in [1.807, 2.05) is 0 Å². The van der Waals surface area contributed by atoms with Gasteiger partial charge in [-0.05, 0) is 30.1 Å². The van der Waals surface area contributed by atoms with Crippen molar-refractivity contribution in [3.63, 3.8) is 0 Å². The Labute approximate surface area is 241 Å². The summed E-state index contributed by atoms with van der Waals surface area (Å²) < 4.78 is 5.72. The Bertz CT molecular complexity index is 449. The van der Waals surface area contributed by atoms with E-state index in [0.29, 0.717) is 5.92 Å². The van der Waals surface area contributed by atoms with Gasteiger partial charge in [0.1, 0.15) is 0 Å². The predicted octanol–water partition coefficient (Wildman–Crippen LogP) is 12.3. The van der Waals surface area contributed by atoms with E-state index >= 15 is 0 Å². The van der Waals surface area contributed by atoms with Crippen molar-refractivity contribution in [2.45, 2.75) is 202 Å². The smallest absolute Gasteiger partial charge is 0.154 e. The van der Waals surface area contributed by atoms with Crippen LogP contribution in [-0.2, 0) is 4.74 Å². The second-order valence-electron chi connectivity index (χ2n) is 13.7. The van der Waals surface area contributed by atoms with Crippen LogP contribution >= 0.6 is 0 Å². The minimum Gasteiger partial charge on any atom is -0.368 e. The molecule has 0 heterocycles.